The Morgan fingerprint density at radius 3 is 2.76 bits per heavy atom. The zero-order valence-electron chi connectivity index (χ0n) is 13.8. The normalized spacial score (nSPS) is 29.6. The van der Waals surface area contributed by atoms with E-state index in [1.54, 1.807) is 0 Å². The first kappa shape index (κ1) is 19.2. The highest BCUT2D eigenvalue weighted by Crippen LogP contribution is 2.29. The molecule has 3 atom stereocenters. The molecular formula is C16H34ClN3O. The minimum absolute atomic E-state index is 0. The van der Waals surface area contributed by atoms with Gasteiger partial charge < -0.3 is 20.3 Å². The van der Waals surface area contributed by atoms with E-state index < -0.39 is 0 Å². The second-order valence-electron chi connectivity index (χ2n) is 6.23. The van der Waals surface area contributed by atoms with Crippen LogP contribution in [-0.4, -0.2) is 62.9 Å². The standard InChI is InChI=1S/C16H33N3O.ClH/c1-3-10-19(4-2)11-8-17-15-7-5-6-14(15)16-13-20-12-9-18-16;/h14-18H,3-13H2,1-2H3;1H. The molecule has 1 aliphatic heterocycles. The summed E-state index contributed by atoms with van der Waals surface area (Å²) >= 11 is 0. The average Bonchev–Trinajstić information content (AvgIpc) is 2.95. The lowest BCUT2D eigenvalue weighted by molar-refractivity contribution is 0.0524. The maximum absolute atomic E-state index is 5.64. The second kappa shape index (κ2) is 10.8. The summed E-state index contributed by atoms with van der Waals surface area (Å²) < 4.78 is 5.64. The minimum atomic E-state index is 0. The third kappa shape index (κ3) is 6.03. The van der Waals surface area contributed by atoms with Crippen molar-refractivity contribution in [2.75, 3.05) is 45.9 Å². The van der Waals surface area contributed by atoms with Gasteiger partial charge in [0.25, 0.3) is 0 Å². The number of ether oxygens (including phenoxy) is 1. The van der Waals surface area contributed by atoms with Gasteiger partial charge >= 0.3 is 0 Å². The monoisotopic (exact) mass is 319 g/mol. The Bertz CT molecular complexity index is 262. The fourth-order valence-electron chi connectivity index (χ4n) is 3.74. The Balaban J connectivity index is 0.00000220. The molecule has 5 heteroatoms. The van der Waals surface area contributed by atoms with Crippen LogP contribution in [0.1, 0.15) is 39.5 Å². The van der Waals surface area contributed by atoms with Crippen molar-refractivity contribution < 1.29 is 4.74 Å². The van der Waals surface area contributed by atoms with Gasteiger partial charge in [-0.3, -0.25) is 0 Å². The SMILES string of the molecule is CCCN(CC)CCNC1CCCC1C1COCCN1.Cl. The number of likely N-dealkylation sites (N-methyl/N-ethyl adjacent to an activating group) is 1. The number of rotatable bonds is 8. The van der Waals surface area contributed by atoms with Crippen LogP contribution in [0, 0.1) is 5.92 Å². The van der Waals surface area contributed by atoms with Crippen LogP contribution in [-0.2, 0) is 4.74 Å². The first-order valence-corrected chi connectivity index (χ1v) is 8.62. The van der Waals surface area contributed by atoms with Crippen molar-refractivity contribution in [3.05, 3.63) is 0 Å². The molecule has 1 saturated carbocycles. The topological polar surface area (TPSA) is 36.5 Å². The summed E-state index contributed by atoms with van der Waals surface area (Å²) in [7, 11) is 0. The molecule has 0 aromatic rings. The maximum atomic E-state index is 5.64. The van der Waals surface area contributed by atoms with Gasteiger partial charge in [-0.1, -0.05) is 20.3 Å². The van der Waals surface area contributed by atoms with Gasteiger partial charge in [-0.2, -0.15) is 0 Å². The lowest BCUT2D eigenvalue weighted by Gasteiger charge is -2.33. The van der Waals surface area contributed by atoms with E-state index in [4.69, 9.17) is 4.74 Å². The van der Waals surface area contributed by atoms with Gasteiger partial charge in [0.2, 0.25) is 0 Å². The fraction of sp³-hybridized carbons (Fsp3) is 1.00. The lowest BCUT2D eigenvalue weighted by atomic mass is 9.94. The molecular weight excluding hydrogens is 286 g/mol. The molecule has 2 aliphatic rings. The Morgan fingerprint density at radius 2 is 2.10 bits per heavy atom. The van der Waals surface area contributed by atoms with Gasteiger partial charge in [0.05, 0.1) is 13.2 Å². The van der Waals surface area contributed by atoms with E-state index in [-0.39, 0.29) is 12.4 Å². The van der Waals surface area contributed by atoms with Crippen LogP contribution < -0.4 is 10.6 Å². The summed E-state index contributed by atoms with van der Waals surface area (Å²) in [5.41, 5.74) is 0. The number of hydrogen-bond acceptors (Lipinski definition) is 4. The number of hydrogen-bond donors (Lipinski definition) is 2. The van der Waals surface area contributed by atoms with Crippen LogP contribution in [0.4, 0.5) is 0 Å². The van der Waals surface area contributed by atoms with Crippen molar-refractivity contribution in [3.63, 3.8) is 0 Å². The van der Waals surface area contributed by atoms with Gasteiger partial charge in [0, 0.05) is 31.7 Å². The highest BCUT2D eigenvalue weighted by molar-refractivity contribution is 5.85. The Hall–Kier alpha value is 0.130. The third-order valence-corrected chi connectivity index (χ3v) is 4.86. The zero-order valence-corrected chi connectivity index (χ0v) is 14.6. The Kier molecular flexibility index (Phi) is 9.85. The molecule has 1 saturated heterocycles. The average molecular weight is 320 g/mol. The van der Waals surface area contributed by atoms with E-state index >= 15 is 0 Å². The highest BCUT2D eigenvalue weighted by Gasteiger charge is 2.34. The highest BCUT2D eigenvalue weighted by atomic mass is 35.5. The molecule has 2 rings (SSSR count). The molecule has 1 aliphatic carbocycles. The van der Waals surface area contributed by atoms with Crippen LogP contribution in [0.3, 0.4) is 0 Å². The Labute approximate surface area is 136 Å². The van der Waals surface area contributed by atoms with E-state index in [2.05, 4.69) is 29.4 Å². The minimum Gasteiger partial charge on any atom is -0.379 e. The van der Waals surface area contributed by atoms with Gasteiger partial charge in [-0.25, -0.2) is 0 Å². The van der Waals surface area contributed by atoms with Crippen molar-refractivity contribution in [2.24, 2.45) is 5.92 Å². The lowest BCUT2D eigenvalue weighted by Crippen LogP contribution is -2.51. The molecule has 21 heavy (non-hydrogen) atoms. The molecule has 4 nitrogen and oxygen atoms in total. The molecule has 0 aromatic heterocycles. The van der Waals surface area contributed by atoms with Crippen molar-refractivity contribution in [3.8, 4) is 0 Å². The maximum Gasteiger partial charge on any atom is 0.0623 e. The van der Waals surface area contributed by atoms with Gasteiger partial charge in [0.15, 0.2) is 0 Å². The predicted molar refractivity (Wildman–Crippen MR) is 91.4 cm³/mol. The van der Waals surface area contributed by atoms with Crippen LogP contribution in [0.15, 0.2) is 0 Å². The molecule has 2 N–H and O–H groups in total. The fourth-order valence-corrected chi connectivity index (χ4v) is 3.74. The molecule has 0 amide bonds. The van der Waals surface area contributed by atoms with Crippen molar-refractivity contribution in [2.45, 2.75) is 51.6 Å². The molecule has 3 unspecified atom stereocenters. The van der Waals surface area contributed by atoms with Gasteiger partial charge in [0.1, 0.15) is 0 Å². The van der Waals surface area contributed by atoms with E-state index in [9.17, 15) is 0 Å². The quantitative estimate of drug-likeness (QED) is 0.716. The van der Waals surface area contributed by atoms with Crippen LogP contribution in [0.2, 0.25) is 0 Å². The molecule has 126 valence electrons. The summed E-state index contributed by atoms with van der Waals surface area (Å²) in [6.45, 7) is 12.0. The van der Waals surface area contributed by atoms with Crippen molar-refractivity contribution >= 4 is 12.4 Å². The molecule has 0 spiro atoms. The summed E-state index contributed by atoms with van der Waals surface area (Å²) in [5.74, 6) is 0.761. The van der Waals surface area contributed by atoms with Crippen molar-refractivity contribution in [1.29, 1.82) is 0 Å². The van der Waals surface area contributed by atoms with E-state index in [0.717, 1.165) is 32.2 Å². The van der Waals surface area contributed by atoms with Crippen molar-refractivity contribution in [1.82, 2.24) is 15.5 Å². The summed E-state index contributed by atoms with van der Waals surface area (Å²) in [5, 5.41) is 7.46. The van der Waals surface area contributed by atoms with Gasteiger partial charge in [-0.15, -0.1) is 12.4 Å². The largest absolute Gasteiger partial charge is 0.379 e. The van der Waals surface area contributed by atoms with E-state index in [0.29, 0.717) is 12.1 Å². The Morgan fingerprint density at radius 1 is 1.24 bits per heavy atom. The second-order valence-corrected chi connectivity index (χ2v) is 6.23. The summed E-state index contributed by atoms with van der Waals surface area (Å²) in [6.07, 6.45) is 5.31. The van der Waals surface area contributed by atoms with Gasteiger partial charge in [-0.05, 0) is 38.3 Å². The van der Waals surface area contributed by atoms with Crippen LogP contribution in [0.5, 0.6) is 0 Å². The zero-order chi connectivity index (χ0) is 14.2. The molecule has 1 heterocycles. The summed E-state index contributed by atoms with van der Waals surface area (Å²) in [6, 6.07) is 1.26. The first-order valence-electron chi connectivity index (χ1n) is 8.62. The number of nitrogens with zero attached hydrogens (tertiary/aromatic N) is 1. The molecule has 0 aromatic carbocycles. The van der Waals surface area contributed by atoms with E-state index in [1.807, 2.05) is 0 Å². The predicted octanol–water partition coefficient (Wildman–Crippen LogP) is 1.89. The summed E-state index contributed by atoms with van der Waals surface area (Å²) in [4.78, 5) is 2.54. The number of nitrogens with one attached hydrogen (secondary N) is 2. The van der Waals surface area contributed by atoms with Crippen LogP contribution >= 0.6 is 12.4 Å². The molecule has 0 radical (unpaired) electrons. The number of morpholine rings is 1. The van der Waals surface area contributed by atoms with Crippen LogP contribution in [0.25, 0.3) is 0 Å². The third-order valence-electron chi connectivity index (χ3n) is 4.86. The molecule has 2 fully saturated rings. The van der Waals surface area contributed by atoms with E-state index in [1.165, 1.54) is 45.3 Å². The smallest absolute Gasteiger partial charge is 0.0623 e. The molecule has 0 bridgehead atoms. The number of halogens is 1. The first-order chi connectivity index (χ1) is 9.85.